The topological polar surface area (TPSA) is 118 Å². The number of benzene rings is 1. The van der Waals surface area contributed by atoms with Gasteiger partial charge in [-0.1, -0.05) is 30.7 Å². The molecular formula is C14H17ClN4O4S2. The Morgan fingerprint density at radius 3 is 2.00 bits per heavy atom. The molecule has 0 bridgehead atoms. The van der Waals surface area contributed by atoms with Gasteiger partial charge < -0.3 is 0 Å². The molecule has 0 saturated heterocycles. The molecule has 0 aliphatic carbocycles. The van der Waals surface area contributed by atoms with Gasteiger partial charge in [-0.25, -0.2) is 21.8 Å². The normalized spacial score (nSPS) is 12.0. The van der Waals surface area contributed by atoms with Gasteiger partial charge in [-0.15, -0.1) is 0 Å². The van der Waals surface area contributed by atoms with Crippen molar-refractivity contribution < 1.29 is 16.8 Å². The number of halogens is 1. The summed E-state index contributed by atoms with van der Waals surface area (Å²) in [5.41, 5.74) is 1.59. The Morgan fingerprint density at radius 2 is 1.52 bits per heavy atom. The van der Waals surface area contributed by atoms with Crippen molar-refractivity contribution in [3.63, 3.8) is 0 Å². The molecule has 0 aliphatic heterocycles. The summed E-state index contributed by atoms with van der Waals surface area (Å²) >= 11 is 5.90. The fourth-order valence-electron chi connectivity index (χ4n) is 2.14. The smallest absolute Gasteiger partial charge is 0.238 e. The molecule has 0 saturated carbocycles. The van der Waals surface area contributed by atoms with Crippen LogP contribution in [0.3, 0.4) is 0 Å². The zero-order valence-corrected chi connectivity index (χ0v) is 16.1. The van der Waals surface area contributed by atoms with Crippen LogP contribution in [-0.2, 0) is 26.5 Å². The zero-order chi connectivity index (χ0) is 18.8. The summed E-state index contributed by atoms with van der Waals surface area (Å²) in [5, 5.41) is 0.524. The van der Waals surface area contributed by atoms with Crippen molar-refractivity contribution in [3.05, 3.63) is 35.0 Å². The highest BCUT2D eigenvalue weighted by atomic mass is 35.5. The molecule has 1 aromatic carbocycles. The van der Waals surface area contributed by atoms with E-state index in [0.717, 1.165) is 12.5 Å². The highest BCUT2D eigenvalue weighted by molar-refractivity contribution is 7.92. The van der Waals surface area contributed by atoms with Gasteiger partial charge in [-0.2, -0.15) is 4.98 Å². The lowest BCUT2D eigenvalue weighted by atomic mass is 10.0. The molecule has 8 nitrogen and oxygen atoms in total. The van der Waals surface area contributed by atoms with E-state index in [1.807, 2.05) is 6.92 Å². The molecule has 11 heteroatoms. The van der Waals surface area contributed by atoms with Crippen LogP contribution in [0.5, 0.6) is 0 Å². The number of nitrogens with one attached hydrogen (secondary N) is 2. The van der Waals surface area contributed by atoms with Gasteiger partial charge in [0.25, 0.3) is 0 Å². The molecule has 2 aromatic rings. The van der Waals surface area contributed by atoms with E-state index >= 15 is 0 Å². The molecule has 25 heavy (non-hydrogen) atoms. The summed E-state index contributed by atoms with van der Waals surface area (Å²) in [5.74, 6) is -0.217. The van der Waals surface area contributed by atoms with E-state index in [-0.39, 0.29) is 11.8 Å². The highest BCUT2D eigenvalue weighted by Gasteiger charge is 2.19. The van der Waals surface area contributed by atoms with Crippen LogP contribution in [0.1, 0.15) is 12.6 Å². The van der Waals surface area contributed by atoms with Gasteiger partial charge >= 0.3 is 0 Å². The van der Waals surface area contributed by atoms with E-state index in [2.05, 4.69) is 19.4 Å². The van der Waals surface area contributed by atoms with Crippen LogP contribution in [0, 0.1) is 0 Å². The van der Waals surface area contributed by atoms with Crippen molar-refractivity contribution in [1.82, 2.24) is 9.97 Å². The number of hydrogen-bond donors (Lipinski definition) is 2. The summed E-state index contributed by atoms with van der Waals surface area (Å²) in [4.78, 5) is 8.22. The first-order valence-corrected chi connectivity index (χ1v) is 11.3. The first kappa shape index (κ1) is 19.4. The average Bonchev–Trinajstić information content (AvgIpc) is 2.44. The van der Waals surface area contributed by atoms with Gasteiger partial charge in [-0.05, 0) is 24.1 Å². The Kier molecular flexibility index (Phi) is 5.55. The number of aromatic nitrogens is 2. The molecular weight excluding hydrogens is 388 g/mol. The number of aryl methyl sites for hydroxylation is 1. The number of rotatable bonds is 6. The predicted octanol–water partition coefficient (Wildman–Crippen LogP) is 2.10. The van der Waals surface area contributed by atoms with Crippen LogP contribution >= 0.6 is 11.6 Å². The summed E-state index contributed by atoms with van der Waals surface area (Å²) in [6, 6.07) is 6.72. The molecule has 1 aromatic heterocycles. The Hall–Kier alpha value is -1.91. The number of sulfonamides is 2. The first-order chi connectivity index (χ1) is 11.5. The minimum Gasteiger partial charge on any atom is -0.267 e. The lowest BCUT2D eigenvalue weighted by Gasteiger charge is -2.15. The third kappa shape index (κ3) is 5.55. The van der Waals surface area contributed by atoms with Gasteiger partial charge in [0.15, 0.2) is 5.82 Å². The van der Waals surface area contributed by atoms with E-state index < -0.39 is 20.0 Å². The third-order valence-electron chi connectivity index (χ3n) is 3.01. The molecule has 0 unspecified atom stereocenters. The van der Waals surface area contributed by atoms with Gasteiger partial charge in [0.05, 0.1) is 18.2 Å². The summed E-state index contributed by atoms with van der Waals surface area (Å²) < 4.78 is 50.8. The van der Waals surface area contributed by atoms with Gasteiger partial charge in [-0.3, -0.25) is 9.44 Å². The van der Waals surface area contributed by atoms with Crippen LogP contribution in [0.15, 0.2) is 24.3 Å². The second-order valence-electron chi connectivity index (χ2n) is 5.33. The molecule has 0 aliphatic rings. The van der Waals surface area contributed by atoms with Crippen LogP contribution < -0.4 is 9.44 Å². The minimum atomic E-state index is -3.64. The van der Waals surface area contributed by atoms with Gasteiger partial charge in [0.2, 0.25) is 26.0 Å². The number of hydrogen-bond acceptors (Lipinski definition) is 6. The maximum absolute atomic E-state index is 11.7. The first-order valence-electron chi connectivity index (χ1n) is 7.11. The van der Waals surface area contributed by atoms with E-state index in [4.69, 9.17) is 11.6 Å². The highest BCUT2D eigenvalue weighted by Crippen LogP contribution is 2.32. The molecule has 0 amide bonds. The quantitative estimate of drug-likeness (QED) is 0.761. The Balaban J connectivity index is 2.72. The summed E-state index contributed by atoms with van der Waals surface area (Å²) in [6.45, 7) is 1.82. The Morgan fingerprint density at radius 1 is 0.960 bits per heavy atom. The molecule has 0 atom stereocenters. The zero-order valence-electron chi connectivity index (χ0n) is 13.7. The second-order valence-corrected chi connectivity index (χ2v) is 9.26. The fraction of sp³-hybridized carbons (Fsp3) is 0.286. The van der Waals surface area contributed by atoms with Crippen LogP contribution in [0.4, 0.5) is 11.8 Å². The third-order valence-corrected chi connectivity index (χ3v) is 4.38. The standard InChI is InChI=1S/C14H17ClN4O4S2/c1-4-11-12(9-5-7-10(15)8-6-9)13(18-24(2,20)21)17-14(16-11)19-25(3,22)23/h5-8H,4H2,1-3H3,(H2,16,17,18,19). The van der Waals surface area contributed by atoms with Crippen LogP contribution in [0.25, 0.3) is 11.1 Å². The predicted molar refractivity (Wildman–Crippen MR) is 98.8 cm³/mol. The Bertz CT molecular complexity index is 990. The average molecular weight is 405 g/mol. The molecule has 2 rings (SSSR count). The molecule has 2 N–H and O–H groups in total. The Labute approximate surface area is 151 Å². The van der Waals surface area contributed by atoms with Gasteiger partial charge in [0.1, 0.15) is 0 Å². The van der Waals surface area contributed by atoms with Crippen LogP contribution in [0.2, 0.25) is 5.02 Å². The lowest BCUT2D eigenvalue weighted by molar-refractivity contribution is 0.605. The van der Waals surface area contributed by atoms with Crippen molar-refractivity contribution in [2.45, 2.75) is 13.3 Å². The second kappa shape index (κ2) is 7.14. The van der Waals surface area contributed by atoms with Crippen molar-refractivity contribution >= 4 is 43.4 Å². The van der Waals surface area contributed by atoms with E-state index in [9.17, 15) is 16.8 Å². The SMILES string of the molecule is CCc1nc(NS(C)(=O)=O)nc(NS(C)(=O)=O)c1-c1ccc(Cl)cc1. The molecule has 1 heterocycles. The lowest BCUT2D eigenvalue weighted by Crippen LogP contribution is -2.17. The largest absolute Gasteiger partial charge is 0.267 e. The maximum Gasteiger partial charge on any atom is 0.238 e. The van der Waals surface area contributed by atoms with Crippen LogP contribution in [-0.4, -0.2) is 39.3 Å². The van der Waals surface area contributed by atoms with Crippen molar-refractivity contribution in [2.75, 3.05) is 22.0 Å². The maximum atomic E-state index is 11.7. The van der Waals surface area contributed by atoms with E-state index in [1.54, 1.807) is 24.3 Å². The molecule has 0 fully saturated rings. The van der Waals surface area contributed by atoms with E-state index in [1.165, 1.54) is 0 Å². The van der Waals surface area contributed by atoms with Crippen molar-refractivity contribution in [2.24, 2.45) is 0 Å². The summed E-state index contributed by atoms with van der Waals surface area (Å²) in [6.07, 6.45) is 2.37. The molecule has 0 radical (unpaired) electrons. The minimum absolute atomic E-state index is 0.0113. The van der Waals surface area contributed by atoms with Crippen molar-refractivity contribution in [1.29, 1.82) is 0 Å². The monoisotopic (exact) mass is 404 g/mol. The van der Waals surface area contributed by atoms with E-state index in [0.29, 0.717) is 28.3 Å². The molecule has 136 valence electrons. The molecule has 0 spiro atoms. The van der Waals surface area contributed by atoms with Gasteiger partial charge in [0, 0.05) is 10.6 Å². The number of anilines is 2. The summed E-state index contributed by atoms with van der Waals surface area (Å²) in [7, 11) is -7.26. The number of nitrogens with zero attached hydrogens (tertiary/aromatic N) is 2. The fourth-order valence-corrected chi connectivity index (χ4v) is 3.19. The van der Waals surface area contributed by atoms with Crippen molar-refractivity contribution in [3.8, 4) is 11.1 Å².